The molecule has 0 spiro atoms. The van der Waals surface area contributed by atoms with E-state index in [1.54, 1.807) is 28.5 Å². The van der Waals surface area contributed by atoms with Gasteiger partial charge >= 0.3 is 0 Å². The fraction of sp³-hybridized carbons (Fsp3) is 0.385. The number of piperazine rings is 1. The second kappa shape index (κ2) is 12.9. The predicted molar refractivity (Wildman–Crippen MR) is 142 cm³/mol. The normalized spacial score (nSPS) is 15.1. The second-order valence-electron chi connectivity index (χ2n) is 7.87. The lowest BCUT2D eigenvalue weighted by Crippen LogP contribution is -2.39. The number of aromatic nitrogens is 2. The van der Waals surface area contributed by atoms with Crippen molar-refractivity contribution in [3.63, 3.8) is 0 Å². The van der Waals surface area contributed by atoms with Crippen LogP contribution < -0.4 is 16.2 Å². The minimum absolute atomic E-state index is 0.0450. The summed E-state index contributed by atoms with van der Waals surface area (Å²) >= 11 is 7.70. The molecule has 0 aliphatic carbocycles. The molecule has 1 atom stereocenters. The van der Waals surface area contributed by atoms with Crippen LogP contribution in [0, 0.1) is 0 Å². The maximum atomic E-state index is 13.0. The van der Waals surface area contributed by atoms with Gasteiger partial charge in [-0.2, -0.15) is 0 Å². The number of hydrogen-bond acceptors (Lipinski definition) is 5. The fourth-order valence-electron chi connectivity index (χ4n) is 3.73. The molecule has 1 aromatic heterocycles. The van der Waals surface area contributed by atoms with Crippen molar-refractivity contribution in [1.82, 2.24) is 20.2 Å². The predicted octanol–water partition coefficient (Wildman–Crippen LogP) is 5.44. The van der Waals surface area contributed by atoms with Gasteiger partial charge in [-0.15, -0.1) is 0 Å². The molecule has 2 aromatic carbocycles. The fourth-order valence-corrected chi connectivity index (χ4v) is 5.18. The van der Waals surface area contributed by atoms with Crippen LogP contribution in [0.5, 0.6) is 0 Å². The molecule has 3 aromatic rings. The van der Waals surface area contributed by atoms with Crippen LogP contribution in [0.25, 0.3) is 10.9 Å². The van der Waals surface area contributed by atoms with Gasteiger partial charge in [0.25, 0.3) is 5.56 Å². The quantitative estimate of drug-likeness (QED) is 0.277. The largest absolute Gasteiger partial charge is 0.314 e. The Kier molecular flexibility index (Phi) is 10.0. The number of nitrogens with one attached hydrogen (secondary N) is 2. The summed E-state index contributed by atoms with van der Waals surface area (Å²) in [5.74, 6) is 0. The van der Waals surface area contributed by atoms with Crippen molar-refractivity contribution >= 4 is 34.3 Å². The Morgan fingerprint density at radius 2 is 1.79 bits per heavy atom. The van der Waals surface area contributed by atoms with Crippen LogP contribution in [0.15, 0.2) is 70.1 Å². The molecule has 0 saturated carbocycles. The third kappa shape index (κ3) is 6.93. The molecule has 1 unspecified atom stereocenters. The van der Waals surface area contributed by atoms with Crippen LogP contribution >= 0.6 is 23.4 Å². The number of thioether (sulfide) groups is 1. The van der Waals surface area contributed by atoms with Crippen LogP contribution in [0.4, 0.5) is 0 Å². The lowest BCUT2D eigenvalue weighted by Gasteiger charge is -2.20. The molecule has 176 valence electrons. The SMILES string of the molecule is C1CNCCN1.CC/C=C(\C)C(Sc1nc2ccc(Cl)cc2c(=O)n1CC)c1ccccc1. The first-order valence-electron chi connectivity index (χ1n) is 11.5. The lowest BCUT2D eigenvalue weighted by atomic mass is 10.1. The number of nitrogens with zero attached hydrogens (tertiary/aromatic N) is 2. The Labute approximate surface area is 205 Å². The van der Waals surface area contributed by atoms with Crippen LogP contribution in [0.1, 0.15) is 38.0 Å². The van der Waals surface area contributed by atoms with E-state index in [9.17, 15) is 4.79 Å². The number of hydrogen-bond donors (Lipinski definition) is 2. The highest BCUT2D eigenvalue weighted by Gasteiger charge is 2.19. The summed E-state index contributed by atoms with van der Waals surface area (Å²) in [6.07, 6.45) is 3.21. The molecule has 4 rings (SSSR count). The molecule has 5 nitrogen and oxygen atoms in total. The molecule has 7 heteroatoms. The Morgan fingerprint density at radius 3 is 2.36 bits per heavy atom. The summed E-state index contributed by atoms with van der Waals surface area (Å²) in [7, 11) is 0. The monoisotopic (exact) mass is 484 g/mol. The van der Waals surface area contributed by atoms with Gasteiger partial charge in [0.1, 0.15) is 0 Å². The number of rotatable bonds is 6. The van der Waals surface area contributed by atoms with Crippen molar-refractivity contribution in [2.24, 2.45) is 0 Å². The molecular formula is C26H33ClN4OS. The summed E-state index contributed by atoms with van der Waals surface area (Å²) < 4.78 is 1.73. The molecule has 2 N–H and O–H groups in total. The van der Waals surface area contributed by atoms with E-state index in [1.807, 2.05) is 31.2 Å². The Morgan fingerprint density at radius 1 is 1.12 bits per heavy atom. The van der Waals surface area contributed by atoms with Gasteiger partial charge < -0.3 is 10.6 Å². The topological polar surface area (TPSA) is 59.0 Å². The van der Waals surface area contributed by atoms with Crippen LogP contribution in [-0.2, 0) is 6.54 Å². The van der Waals surface area contributed by atoms with E-state index < -0.39 is 0 Å². The zero-order chi connectivity index (χ0) is 23.6. The van der Waals surface area contributed by atoms with Gasteiger partial charge in [-0.1, -0.05) is 72.3 Å². The standard InChI is InChI=1S/C22H23ClN2OS.C4H10N2/c1-4-9-15(3)20(16-10-7-6-8-11-16)27-22-24-19-13-12-17(23)14-18(19)21(26)25(22)5-2;1-2-6-4-3-5-1/h6-14,20H,4-5H2,1-3H3;5-6H,1-4H2/b15-9+;. The number of halogens is 1. The number of allylic oxidation sites excluding steroid dienone is 1. The minimum atomic E-state index is -0.0450. The van der Waals surface area contributed by atoms with Crippen LogP contribution in [0.2, 0.25) is 5.02 Å². The molecule has 1 fully saturated rings. The average Bonchev–Trinajstić information content (AvgIpc) is 2.85. The van der Waals surface area contributed by atoms with Gasteiger partial charge in [0.15, 0.2) is 5.16 Å². The van der Waals surface area contributed by atoms with Crippen molar-refractivity contribution in [2.75, 3.05) is 26.2 Å². The van der Waals surface area contributed by atoms with E-state index in [2.05, 4.69) is 42.7 Å². The maximum Gasteiger partial charge on any atom is 0.262 e. The van der Waals surface area contributed by atoms with Gasteiger partial charge in [-0.3, -0.25) is 9.36 Å². The van der Waals surface area contributed by atoms with Crippen molar-refractivity contribution in [3.8, 4) is 0 Å². The summed E-state index contributed by atoms with van der Waals surface area (Å²) in [5.41, 5.74) is 3.11. The number of fused-ring (bicyclic) bond motifs is 1. The highest BCUT2D eigenvalue weighted by atomic mass is 35.5. The first kappa shape index (κ1) is 25.5. The molecule has 1 saturated heterocycles. The van der Waals surface area contributed by atoms with Crippen molar-refractivity contribution in [1.29, 1.82) is 0 Å². The molecule has 0 amide bonds. The van der Waals surface area contributed by atoms with Gasteiger partial charge in [0, 0.05) is 37.7 Å². The van der Waals surface area contributed by atoms with Gasteiger partial charge in [0.05, 0.1) is 16.2 Å². The van der Waals surface area contributed by atoms with Crippen LogP contribution in [0.3, 0.4) is 0 Å². The van der Waals surface area contributed by atoms with Crippen molar-refractivity contribution in [3.05, 3.63) is 81.1 Å². The van der Waals surface area contributed by atoms with E-state index in [0.29, 0.717) is 22.5 Å². The Balaban J connectivity index is 0.000000442. The minimum Gasteiger partial charge on any atom is -0.314 e. The molecular weight excluding hydrogens is 452 g/mol. The van der Waals surface area contributed by atoms with Crippen LogP contribution in [-0.4, -0.2) is 35.7 Å². The van der Waals surface area contributed by atoms with E-state index in [-0.39, 0.29) is 10.8 Å². The third-order valence-corrected chi connectivity index (χ3v) is 7.06. The summed E-state index contributed by atoms with van der Waals surface area (Å²) in [4.78, 5) is 17.8. The second-order valence-corrected chi connectivity index (χ2v) is 9.38. The zero-order valence-corrected chi connectivity index (χ0v) is 21.2. The molecule has 1 aliphatic heterocycles. The van der Waals surface area contributed by atoms with E-state index in [0.717, 1.165) is 37.8 Å². The number of benzene rings is 2. The summed E-state index contributed by atoms with van der Waals surface area (Å²) in [6.45, 7) is 11.4. The molecule has 2 heterocycles. The van der Waals surface area contributed by atoms with Gasteiger partial charge in [-0.05, 0) is 44.0 Å². The molecule has 33 heavy (non-hydrogen) atoms. The maximum absolute atomic E-state index is 13.0. The van der Waals surface area contributed by atoms with Gasteiger partial charge in [0.2, 0.25) is 0 Å². The summed E-state index contributed by atoms with van der Waals surface area (Å²) in [6, 6.07) is 15.6. The molecule has 1 aliphatic rings. The first-order chi connectivity index (χ1) is 16.0. The van der Waals surface area contributed by atoms with E-state index in [1.165, 1.54) is 11.1 Å². The lowest BCUT2D eigenvalue weighted by molar-refractivity contribution is 0.534. The van der Waals surface area contributed by atoms with E-state index >= 15 is 0 Å². The summed E-state index contributed by atoms with van der Waals surface area (Å²) in [5, 5.41) is 8.40. The first-order valence-corrected chi connectivity index (χ1v) is 12.8. The highest BCUT2D eigenvalue weighted by molar-refractivity contribution is 7.99. The Hall–Kier alpha value is -2.12. The molecule has 0 radical (unpaired) electrons. The highest BCUT2D eigenvalue weighted by Crippen LogP contribution is 2.40. The molecule has 0 bridgehead atoms. The van der Waals surface area contributed by atoms with E-state index in [4.69, 9.17) is 16.6 Å². The third-order valence-electron chi connectivity index (χ3n) is 5.42. The zero-order valence-electron chi connectivity index (χ0n) is 19.6. The van der Waals surface area contributed by atoms with Crippen molar-refractivity contribution < 1.29 is 0 Å². The van der Waals surface area contributed by atoms with Gasteiger partial charge in [-0.25, -0.2) is 4.98 Å². The Bertz CT molecular complexity index is 1110. The van der Waals surface area contributed by atoms with Crippen molar-refractivity contribution in [2.45, 2.75) is 44.1 Å². The smallest absolute Gasteiger partial charge is 0.262 e. The average molecular weight is 485 g/mol.